The summed E-state index contributed by atoms with van der Waals surface area (Å²) in [6, 6.07) is 3.80. The molecule has 0 unspecified atom stereocenters. The number of nitrogens with zero attached hydrogens (tertiary/aromatic N) is 2. The third-order valence-corrected chi connectivity index (χ3v) is 2.99. The Bertz CT molecular complexity index is 384. The van der Waals surface area contributed by atoms with Gasteiger partial charge in [-0.15, -0.1) is 0 Å². The molecule has 0 amide bonds. The standard InChI is InChI=1S/C13H18F2N2O/c1-10(2)11-3-4-12(16-7-11)18-6-5-17-8-13(14,15)9-17/h3-4,7,10H,5-6,8-9H2,1-2H3. The maximum absolute atomic E-state index is 12.6. The summed E-state index contributed by atoms with van der Waals surface area (Å²) in [7, 11) is 0. The molecule has 3 nitrogen and oxygen atoms in total. The molecule has 0 aromatic carbocycles. The lowest BCUT2D eigenvalue weighted by molar-refractivity contribution is -0.132. The highest BCUT2D eigenvalue weighted by Crippen LogP contribution is 2.25. The summed E-state index contributed by atoms with van der Waals surface area (Å²) in [6.07, 6.45) is 1.79. The van der Waals surface area contributed by atoms with Gasteiger partial charge in [0.15, 0.2) is 0 Å². The van der Waals surface area contributed by atoms with Gasteiger partial charge in [-0.25, -0.2) is 13.8 Å². The molecular formula is C13H18F2N2O. The number of halogens is 2. The van der Waals surface area contributed by atoms with Gasteiger partial charge in [0.25, 0.3) is 5.92 Å². The topological polar surface area (TPSA) is 25.4 Å². The molecule has 18 heavy (non-hydrogen) atoms. The fourth-order valence-corrected chi connectivity index (χ4v) is 1.86. The number of rotatable bonds is 5. The van der Waals surface area contributed by atoms with Crippen LogP contribution < -0.4 is 4.74 Å². The molecule has 1 aromatic rings. The van der Waals surface area contributed by atoms with Gasteiger partial charge in [-0.3, -0.25) is 4.90 Å². The summed E-state index contributed by atoms with van der Waals surface area (Å²) in [5.41, 5.74) is 1.16. The predicted octanol–water partition coefficient (Wildman–Crippen LogP) is 2.53. The summed E-state index contributed by atoms with van der Waals surface area (Å²) in [4.78, 5) is 5.85. The molecule has 0 radical (unpaired) electrons. The molecule has 0 saturated carbocycles. The van der Waals surface area contributed by atoms with Crippen molar-refractivity contribution in [3.05, 3.63) is 23.9 Å². The van der Waals surface area contributed by atoms with Crippen LogP contribution in [-0.4, -0.2) is 42.0 Å². The number of aromatic nitrogens is 1. The second-order valence-corrected chi connectivity index (χ2v) is 5.00. The Kier molecular flexibility index (Phi) is 3.80. The lowest BCUT2D eigenvalue weighted by Gasteiger charge is -2.38. The van der Waals surface area contributed by atoms with Crippen molar-refractivity contribution in [2.45, 2.75) is 25.7 Å². The van der Waals surface area contributed by atoms with Crippen LogP contribution in [0.3, 0.4) is 0 Å². The van der Waals surface area contributed by atoms with Gasteiger partial charge in [0.2, 0.25) is 5.88 Å². The molecular weight excluding hydrogens is 238 g/mol. The second-order valence-electron chi connectivity index (χ2n) is 5.00. The molecule has 1 aliphatic heterocycles. The first-order chi connectivity index (χ1) is 8.46. The minimum Gasteiger partial charge on any atom is -0.476 e. The number of pyridine rings is 1. The molecule has 0 aliphatic carbocycles. The molecule has 100 valence electrons. The first kappa shape index (κ1) is 13.2. The van der Waals surface area contributed by atoms with E-state index in [9.17, 15) is 8.78 Å². The van der Waals surface area contributed by atoms with Crippen LogP contribution in [0.15, 0.2) is 18.3 Å². The van der Waals surface area contributed by atoms with Gasteiger partial charge >= 0.3 is 0 Å². The average molecular weight is 256 g/mol. The number of hydrogen-bond donors (Lipinski definition) is 0. The smallest absolute Gasteiger partial charge is 0.272 e. The predicted molar refractivity (Wildman–Crippen MR) is 65.2 cm³/mol. The van der Waals surface area contributed by atoms with Gasteiger partial charge in [0, 0.05) is 18.8 Å². The summed E-state index contributed by atoms with van der Waals surface area (Å²) < 4.78 is 30.5. The summed E-state index contributed by atoms with van der Waals surface area (Å²) in [6.45, 7) is 4.79. The Balaban J connectivity index is 1.71. The zero-order chi connectivity index (χ0) is 13.2. The monoisotopic (exact) mass is 256 g/mol. The van der Waals surface area contributed by atoms with E-state index in [0.29, 0.717) is 24.9 Å². The quantitative estimate of drug-likeness (QED) is 0.809. The molecule has 0 spiro atoms. The molecule has 0 N–H and O–H groups in total. The van der Waals surface area contributed by atoms with Crippen LogP contribution in [0.1, 0.15) is 25.3 Å². The van der Waals surface area contributed by atoms with E-state index in [-0.39, 0.29) is 13.1 Å². The second kappa shape index (κ2) is 5.18. The zero-order valence-corrected chi connectivity index (χ0v) is 10.7. The van der Waals surface area contributed by atoms with E-state index in [4.69, 9.17) is 4.74 Å². The molecule has 1 aliphatic rings. The van der Waals surface area contributed by atoms with E-state index >= 15 is 0 Å². The van der Waals surface area contributed by atoms with Crippen molar-refractivity contribution in [3.63, 3.8) is 0 Å². The number of likely N-dealkylation sites (tertiary alicyclic amines) is 1. The van der Waals surface area contributed by atoms with Crippen molar-refractivity contribution >= 4 is 0 Å². The molecule has 1 fully saturated rings. The van der Waals surface area contributed by atoms with E-state index in [0.717, 1.165) is 5.56 Å². The van der Waals surface area contributed by atoms with Crippen molar-refractivity contribution in [2.75, 3.05) is 26.2 Å². The first-order valence-corrected chi connectivity index (χ1v) is 6.15. The number of hydrogen-bond acceptors (Lipinski definition) is 3. The minimum atomic E-state index is -2.50. The van der Waals surface area contributed by atoms with Crippen molar-refractivity contribution in [3.8, 4) is 5.88 Å². The minimum absolute atomic E-state index is 0.157. The van der Waals surface area contributed by atoms with Crippen molar-refractivity contribution in [2.24, 2.45) is 0 Å². The van der Waals surface area contributed by atoms with E-state index < -0.39 is 5.92 Å². The summed E-state index contributed by atoms with van der Waals surface area (Å²) in [5, 5.41) is 0. The van der Waals surface area contributed by atoms with Gasteiger partial charge in [-0.2, -0.15) is 0 Å². The van der Waals surface area contributed by atoms with Gasteiger partial charge in [-0.05, 0) is 11.5 Å². The normalized spacial score (nSPS) is 18.7. The van der Waals surface area contributed by atoms with Crippen LogP contribution in [0.4, 0.5) is 8.78 Å². The molecule has 0 atom stereocenters. The maximum atomic E-state index is 12.6. The highest BCUT2D eigenvalue weighted by atomic mass is 19.3. The first-order valence-electron chi connectivity index (χ1n) is 6.15. The Morgan fingerprint density at radius 3 is 2.61 bits per heavy atom. The van der Waals surface area contributed by atoms with Crippen LogP contribution in [0.2, 0.25) is 0 Å². The molecule has 2 heterocycles. The average Bonchev–Trinajstić information content (AvgIpc) is 2.27. The highest BCUT2D eigenvalue weighted by molar-refractivity contribution is 5.20. The van der Waals surface area contributed by atoms with E-state index in [2.05, 4.69) is 18.8 Å². The molecule has 1 aromatic heterocycles. The summed E-state index contributed by atoms with van der Waals surface area (Å²) in [5.74, 6) is -1.52. The largest absolute Gasteiger partial charge is 0.476 e. The van der Waals surface area contributed by atoms with Gasteiger partial charge in [0.1, 0.15) is 6.61 Å². The van der Waals surface area contributed by atoms with E-state index in [1.165, 1.54) is 0 Å². The Morgan fingerprint density at radius 2 is 2.11 bits per heavy atom. The lowest BCUT2D eigenvalue weighted by atomic mass is 10.1. The van der Waals surface area contributed by atoms with Crippen LogP contribution >= 0.6 is 0 Å². The molecule has 1 saturated heterocycles. The maximum Gasteiger partial charge on any atom is 0.272 e. The zero-order valence-electron chi connectivity index (χ0n) is 10.7. The summed E-state index contributed by atoms with van der Waals surface area (Å²) >= 11 is 0. The van der Waals surface area contributed by atoms with Gasteiger partial charge in [-0.1, -0.05) is 19.9 Å². The van der Waals surface area contributed by atoms with Crippen molar-refractivity contribution < 1.29 is 13.5 Å². The third kappa shape index (κ3) is 3.38. The van der Waals surface area contributed by atoms with Crippen LogP contribution in [-0.2, 0) is 0 Å². The van der Waals surface area contributed by atoms with Crippen molar-refractivity contribution in [1.29, 1.82) is 0 Å². The van der Waals surface area contributed by atoms with Crippen LogP contribution in [0, 0.1) is 0 Å². The van der Waals surface area contributed by atoms with Crippen LogP contribution in [0.25, 0.3) is 0 Å². The lowest BCUT2D eigenvalue weighted by Crippen LogP contribution is -2.57. The molecule has 5 heteroatoms. The molecule has 2 rings (SSSR count). The van der Waals surface area contributed by atoms with Gasteiger partial charge in [0.05, 0.1) is 13.1 Å². The third-order valence-electron chi connectivity index (χ3n) is 2.99. The van der Waals surface area contributed by atoms with E-state index in [1.807, 2.05) is 12.1 Å². The molecule has 0 bridgehead atoms. The fourth-order valence-electron chi connectivity index (χ4n) is 1.86. The fraction of sp³-hybridized carbons (Fsp3) is 0.615. The SMILES string of the molecule is CC(C)c1ccc(OCCN2CC(F)(F)C2)nc1. The number of ether oxygens (including phenoxy) is 1. The van der Waals surface area contributed by atoms with Crippen LogP contribution in [0.5, 0.6) is 5.88 Å². The van der Waals surface area contributed by atoms with Crippen molar-refractivity contribution in [1.82, 2.24) is 9.88 Å². The Labute approximate surface area is 106 Å². The van der Waals surface area contributed by atoms with Gasteiger partial charge < -0.3 is 4.74 Å². The van der Waals surface area contributed by atoms with E-state index in [1.54, 1.807) is 11.1 Å². The Morgan fingerprint density at radius 1 is 1.39 bits per heavy atom. The Hall–Kier alpha value is -1.23. The highest BCUT2D eigenvalue weighted by Gasteiger charge is 2.43. The number of alkyl halides is 2.